The number of rotatable bonds is 6. The van der Waals surface area contributed by atoms with Crippen molar-refractivity contribution >= 4 is 28.4 Å². The van der Waals surface area contributed by atoms with Crippen LogP contribution in [0.25, 0.3) is 0 Å². The maximum Gasteiger partial charge on any atom is 0.470 e. The maximum atomic E-state index is 13.3. The van der Waals surface area contributed by atoms with E-state index in [4.69, 9.17) is 9.16 Å². The van der Waals surface area contributed by atoms with Gasteiger partial charge in [-0.1, -0.05) is 40.4 Å². The van der Waals surface area contributed by atoms with Crippen LogP contribution in [0.4, 0.5) is 13.2 Å². The zero-order valence-electron chi connectivity index (χ0n) is 17.4. The van der Waals surface area contributed by atoms with Gasteiger partial charge in [0.1, 0.15) is 6.04 Å². The molecule has 26 heavy (non-hydrogen) atoms. The SMILES string of the molecule is COC(=O)[C@H]([C@@H](O[Si](C)(C)C)C(C)(C)C)N(C(=O)C(F)(F)F)[Si](C)(C)C. The molecule has 0 N–H and O–H groups in total. The average molecular weight is 416 g/mol. The van der Waals surface area contributed by atoms with Gasteiger partial charge < -0.3 is 13.7 Å². The molecule has 0 aromatic rings. The van der Waals surface area contributed by atoms with Crippen LogP contribution < -0.4 is 0 Å². The van der Waals surface area contributed by atoms with Crippen LogP contribution in [0.1, 0.15) is 20.8 Å². The molecule has 0 fully saturated rings. The highest BCUT2D eigenvalue weighted by atomic mass is 28.4. The molecule has 0 bridgehead atoms. The minimum atomic E-state index is -5.09. The molecule has 0 radical (unpaired) electrons. The number of ether oxygens (including phenoxy) is 1. The molecule has 0 saturated heterocycles. The van der Waals surface area contributed by atoms with E-state index in [9.17, 15) is 22.8 Å². The fraction of sp³-hybridized carbons (Fsp3) is 0.875. The first-order chi connectivity index (χ1) is 11.2. The number of alkyl halides is 3. The van der Waals surface area contributed by atoms with Gasteiger partial charge in [-0.05, 0) is 25.1 Å². The van der Waals surface area contributed by atoms with Crippen molar-refractivity contribution < 1.29 is 31.9 Å². The second-order valence-corrected chi connectivity index (χ2v) is 18.6. The van der Waals surface area contributed by atoms with Gasteiger partial charge >= 0.3 is 18.1 Å². The number of esters is 1. The monoisotopic (exact) mass is 415 g/mol. The lowest BCUT2D eigenvalue weighted by atomic mass is 9.84. The summed E-state index contributed by atoms with van der Waals surface area (Å²) in [6, 6.07) is -1.47. The molecule has 0 aliphatic rings. The van der Waals surface area contributed by atoms with E-state index in [1.807, 2.05) is 19.6 Å². The fourth-order valence-electron chi connectivity index (χ4n) is 2.57. The molecule has 154 valence electrons. The van der Waals surface area contributed by atoms with Crippen molar-refractivity contribution in [3.05, 3.63) is 0 Å². The maximum absolute atomic E-state index is 13.3. The van der Waals surface area contributed by atoms with Gasteiger partial charge in [-0.2, -0.15) is 13.2 Å². The Morgan fingerprint density at radius 2 is 1.38 bits per heavy atom. The summed E-state index contributed by atoms with van der Waals surface area (Å²) in [5.41, 5.74) is -0.692. The van der Waals surface area contributed by atoms with E-state index in [2.05, 4.69) is 0 Å². The zero-order valence-corrected chi connectivity index (χ0v) is 19.4. The summed E-state index contributed by atoms with van der Waals surface area (Å²) in [6.07, 6.45) is -6.02. The number of amides is 1. The van der Waals surface area contributed by atoms with Gasteiger partial charge in [0, 0.05) is 0 Å². The van der Waals surface area contributed by atoms with E-state index in [0.29, 0.717) is 4.57 Å². The molecule has 0 spiro atoms. The van der Waals surface area contributed by atoms with E-state index in [1.165, 1.54) is 0 Å². The molecular weight excluding hydrogens is 383 g/mol. The van der Waals surface area contributed by atoms with Crippen LogP contribution in [0, 0.1) is 5.41 Å². The lowest BCUT2D eigenvalue weighted by Gasteiger charge is -2.47. The Bertz CT molecular complexity index is 520. The first-order valence-electron chi connectivity index (χ1n) is 8.39. The third-order valence-electron chi connectivity index (χ3n) is 3.53. The van der Waals surface area contributed by atoms with Crippen molar-refractivity contribution in [2.75, 3.05) is 7.11 Å². The zero-order chi connectivity index (χ0) is 21.3. The number of carbonyl (C=O) groups excluding carboxylic acids is 2. The van der Waals surface area contributed by atoms with Crippen LogP contribution in [-0.2, 0) is 18.8 Å². The van der Waals surface area contributed by atoms with Crippen LogP contribution in [-0.4, -0.2) is 58.4 Å². The van der Waals surface area contributed by atoms with Crippen molar-refractivity contribution in [1.82, 2.24) is 4.57 Å². The third-order valence-corrected chi connectivity index (χ3v) is 6.41. The smallest absolute Gasteiger partial charge is 0.467 e. The van der Waals surface area contributed by atoms with Crippen molar-refractivity contribution in [3.63, 3.8) is 0 Å². The van der Waals surface area contributed by atoms with Gasteiger partial charge in [0.05, 0.1) is 13.2 Å². The highest BCUT2D eigenvalue weighted by Crippen LogP contribution is 2.35. The lowest BCUT2D eigenvalue weighted by molar-refractivity contribution is -0.188. The molecule has 10 heteroatoms. The normalized spacial score (nSPS) is 16.0. The number of nitrogens with zero attached hydrogens (tertiary/aromatic N) is 1. The largest absolute Gasteiger partial charge is 0.470 e. The van der Waals surface area contributed by atoms with Crippen molar-refractivity contribution in [1.29, 1.82) is 0 Å². The van der Waals surface area contributed by atoms with Crippen molar-refractivity contribution in [2.24, 2.45) is 5.41 Å². The molecule has 0 saturated carbocycles. The summed E-state index contributed by atoms with van der Waals surface area (Å²) in [6.45, 7) is 15.7. The predicted molar refractivity (Wildman–Crippen MR) is 99.7 cm³/mol. The molecule has 0 aromatic carbocycles. The number of hydrogen-bond acceptors (Lipinski definition) is 4. The molecule has 0 aliphatic heterocycles. The van der Waals surface area contributed by atoms with E-state index in [0.717, 1.165) is 7.11 Å². The number of hydrogen-bond donors (Lipinski definition) is 0. The Hall–Kier alpha value is -0.876. The van der Waals surface area contributed by atoms with Gasteiger partial charge in [0.2, 0.25) is 0 Å². The Balaban J connectivity index is 6.55. The van der Waals surface area contributed by atoms with E-state index in [1.54, 1.807) is 40.4 Å². The van der Waals surface area contributed by atoms with Gasteiger partial charge in [-0.15, -0.1) is 0 Å². The van der Waals surface area contributed by atoms with Crippen molar-refractivity contribution in [2.45, 2.75) is 78.4 Å². The second-order valence-electron chi connectivity index (χ2n) is 9.33. The van der Waals surface area contributed by atoms with Gasteiger partial charge in [0.15, 0.2) is 16.6 Å². The highest BCUT2D eigenvalue weighted by Gasteiger charge is 2.54. The molecule has 2 atom stereocenters. The Morgan fingerprint density at radius 1 is 0.962 bits per heavy atom. The van der Waals surface area contributed by atoms with Gasteiger partial charge in [-0.3, -0.25) is 4.79 Å². The van der Waals surface area contributed by atoms with E-state index in [-0.39, 0.29) is 0 Å². The van der Waals surface area contributed by atoms with Crippen LogP contribution in [0.15, 0.2) is 0 Å². The fourth-order valence-corrected chi connectivity index (χ4v) is 5.62. The highest BCUT2D eigenvalue weighted by molar-refractivity contribution is 6.75. The minimum absolute atomic E-state index is 0.689. The second kappa shape index (κ2) is 8.01. The number of carbonyl (C=O) groups is 2. The minimum Gasteiger partial charge on any atom is -0.467 e. The summed E-state index contributed by atoms with van der Waals surface area (Å²) in [5, 5.41) is 0. The van der Waals surface area contributed by atoms with Crippen LogP contribution in [0.5, 0.6) is 0 Å². The first kappa shape index (κ1) is 25.1. The molecule has 0 aromatic heterocycles. The topological polar surface area (TPSA) is 55.8 Å². The third kappa shape index (κ3) is 7.03. The summed E-state index contributed by atoms with van der Waals surface area (Å²) < 4.78 is 51.5. The quantitative estimate of drug-likeness (QED) is 0.486. The summed E-state index contributed by atoms with van der Waals surface area (Å²) in [7, 11) is -4.07. The lowest BCUT2D eigenvalue weighted by Crippen LogP contribution is -2.67. The summed E-state index contributed by atoms with van der Waals surface area (Å²) in [5.74, 6) is -2.93. The first-order valence-corrected chi connectivity index (χ1v) is 15.2. The Labute approximate surface area is 156 Å². The molecule has 0 aliphatic carbocycles. The molecule has 0 rings (SSSR count). The standard InChI is InChI=1S/C16H32F3NO4Si2/c1-15(2,3)12(24-26(8,9)10)11(13(21)23-4)20(25(5,6)7)14(22)16(17,18)19/h11-12H,1-10H3/t11-,12+/m0/s1. The molecule has 1 amide bonds. The molecule has 0 heterocycles. The molecular formula is C16H32F3NO4Si2. The van der Waals surface area contributed by atoms with Gasteiger partial charge in [0.25, 0.3) is 0 Å². The van der Waals surface area contributed by atoms with Crippen LogP contribution in [0.3, 0.4) is 0 Å². The van der Waals surface area contributed by atoms with Crippen LogP contribution >= 0.6 is 0 Å². The predicted octanol–water partition coefficient (Wildman–Crippen LogP) is 4.02. The summed E-state index contributed by atoms with van der Waals surface area (Å²) in [4.78, 5) is 24.8. The Morgan fingerprint density at radius 3 is 1.62 bits per heavy atom. The summed E-state index contributed by atoms with van der Waals surface area (Å²) >= 11 is 0. The van der Waals surface area contributed by atoms with E-state index < -0.39 is 52.2 Å². The van der Waals surface area contributed by atoms with E-state index >= 15 is 0 Å². The number of halogens is 3. The van der Waals surface area contributed by atoms with Gasteiger partial charge in [-0.25, -0.2) is 4.79 Å². The molecule has 0 unspecified atom stereocenters. The number of methoxy groups -OCH3 is 1. The molecule has 5 nitrogen and oxygen atoms in total. The van der Waals surface area contributed by atoms with Crippen molar-refractivity contribution in [3.8, 4) is 0 Å². The average Bonchev–Trinajstić information content (AvgIpc) is 2.36. The Kier molecular flexibility index (Phi) is 7.74. The van der Waals surface area contributed by atoms with Crippen LogP contribution in [0.2, 0.25) is 39.3 Å².